The number of benzene rings is 1. The van der Waals surface area contributed by atoms with Crippen LogP contribution < -0.4 is 4.90 Å². The van der Waals surface area contributed by atoms with E-state index in [-0.39, 0.29) is 0 Å². The minimum atomic E-state index is 0.580. The van der Waals surface area contributed by atoms with Gasteiger partial charge in [0.25, 0.3) is 0 Å². The zero-order valence-corrected chi connectivity index (χ0v) is 13.2. The van der Waals surface area contributed by atoms with Crippen molar-refractivity contribution < 1.29 is 0 Å². The molecule has 2 aromatic heterocycles. The summed E-state index contributed by atoms with van der Waals surface area (Å²) in [5, 5.41) is 6.49. The topological polar surface area (TPSA) is 33.4 Å². The largest absolute Gasteiger partial charge is 0.344 e. The van der Waals surface area contributed by atoms with E-state index in [0.717, 1.165) is 32.9 Å². The van der Waals surface area contributed by atoms with Crippen molar-refractivity contribution in [2.75, 3.05) is 11.4 Å². The molecule has 108 valence electrons. The van der Waals surface area contributed by atoms with Crippen molar-refractivity contribution in [1.29, 1.82) is 0 Å². The molecule has 0 N–H and O–H groups in total. The molecule has 21 heavy (non-hydrogen) atoms. The molecule has 1 unspecified atom stereocenters. The van der Waals surface area contributed by atoms with E-state index in [9.17, 15) is 0 Å². The Hall–Kier alpha value is -1.59. The van der Waals surface area contributed by atoms with Gasteiger partial charge >= 0.3 is 0 Å². The van der Waals surface area contributed by atoms with E-state index >= 15 is 0 Å². The Kier molecular flexibility index (Phi) is 3.12. The van der Waals surface area contributed by atoms with Crippen LogP contribution in [-0.2, 0) is 0 Å². The Bertz CT molecular complexity index is 745. The van der Waals surface area contributed by atoms with Crippen molar-refractivity contribution in [3.8, 4) is 11.3 Å². The Morgan fingerprint density at radius 1 is 1.29 bits per heavy atom. The molecule has 1 atom stereocenters. The highest BCUT2D eigenvalue weighted by Gasteiger charge is 2.24. The van der Waals surface area contributed by atoms with Crippen LogP contribution in [0.2, 0.25) is 5.02 Å². The van der Waals surface area contributed by atoms with E-state index in [1.165, 1.54) is 12.8 Å². The summed E-state index contributed by atoms with van der Waals surface area (Å²) < 4.78 is 1.88. The average Bonchev–Trinajstić information content (AvgIpc) is 3.13. The van der Waals surface area contributed by atoms with Crippen molar-refractivity contribution in [3.63, 3.8) is 0 Å². The summed E-state index contributed by atoms with van der Waals surface area (Å²) in [4.78, 5) is 7.99. The highest BCUT2D eigenvalue weighted by molar-refractivity contribution is 7.20. The van der Waals surface area contributed by atoms with Crippen LogP contribution in [0.15, 0.2) is 30.5 Å². The summed E-state index contributed by atoms with van der Waals surface area (Å²) in [5.74, 6) is 0. The standard InChI is InChI=1S/C15H15ClN4S/c1-10-3-2-8-19(10)15-18-20-9-13(17-14(20)21-15)11-4-6-12(16)7-5-11/h4-7,9-10H,2-3,8H2,1H3. The van der Waals surface area contributed by atoms with Crippen LogP contribution in [0.3, 0.4) is 0 Å². The third kappa shape index (κ3) is 2.30. The van der Waals surface area contributed by atoms with Crippen molar-refractivity contribution in [1.82, 2.24) is 14.6 Å². The Balaban J connectivity index is 1.69. The molecule has 6 heteroatoms. The molecule has 1 fully saturated rings. The van der Waals surface area contributed by atoms with Crippen molar-refractivity contribution >= 4 is 33.0 Å². The number of anilines is 1. The van der Waals surface area contributed by atoms with Crippen LogP contribution >= 0.6 is 22.9 Å². The lowest BCUT2D eigenvalue weighted by Crippen LogP contribution is -2.26. The molecule has 0 radical (unpaired) electrons. The predicted octanol–water partition coefficient (Wildman–Crippen LogP) is 4.10. The zero-order chi connectivity index (χ0) is 14.4. The zero-order valence-electron chi connectivity index (χ0n) is 11.7. The summed E-state index contributed by atoms with van der Waals surface area (Å²) in [5.41, 5.74) is 2.00. The van der Waals surface area contributed by atoms with Gasteiger partial charge in [-0.2, -0.15) is 0 Å². The van der Waals surface area contributed by atoms with Crippen molar-refractivity contribution in [2.24, 2.45) is 0 Å². The lowest BCUT2D eigenvalue weighted by molar-refractivity contribution is 0.726. The van der Waals surface area contributed by atoms with Crippen LogP contribution in [0.25, 0.3) is 16.2 Å². The highest BCUT2D eigenvalue weighted by atomic mass is 35.5. The van der Waals surface area contributed by atoms with Gasteiger partial charge in [-0.05, 0) is 31.9 Å². The Labute approximate surface area is 132 Å². The minimum absolute atomic E-state index is 0.580. The first-order valence-corrected chi connectivity index (χ1v) is 8.29. The first-order chi connectivity index (χ1) is 10.2. The second-order valence-corrected chi connectivity index (χ2v) is 6.80. The highest BCUT2D eigenvalue weighted by Crippen LogP contribution is 2.31. The van der Waals surface area contributed by atoms with Crippen molar-refractivity contribution in [2.45, 2.75) is 25.8 Å². The van der Waals surface area contributed by atoms with Gasteiger partial charge in [0.05, 0.1) is 11.9 Å². The summed E-state index contributed by atoms with van der Waals surface area (Å²) in [6.45, 7) is 3.36. The summed E-state index contributed by atoms with van der Waals surface area (Å²) in [6, 6.07) is 8.32. The van der Waals surface area contributed by atoms with Gasteiger partial charge in [-0.3, -0.25) is 0 Å². The Morgan fingerprint density at radius 2 is 2.10 bits per heavy atom. The van der Waals surface area contributed by atoms with E-state index in [4.69, 9.17) is 11.6 Å². The van der Waals surface area contributed by atoms with Crippen LogP contribution in [0.1, 0.15) is 19.8 Å². The summed E-state index contributed by atoms with van der Waals surface area (Å²) >= 11 is 7.58. The first-order valence-electron chi connectivity index (χ1n) is 7.09. The van der Waals surface area contributed by atoms with Crippen molar-refractivity contribution in [3.05, 3.63) is 35.5 Å². The SMILES string of the molecule is CC1CCCN1c1nn2cc(-c3ccc(Cl)cc3)nc2s1. The van der Waals surface area contributed by atoms with Crippen LogP contribution in [0.4, 0.5) is 5.13 Å². The van der Waals surface area contributed by atoms with Crippen LogP contribution in [0, 0.1) is 0 Å². The third-order valence-electron chi connectivity index (χ3n) is 3.97. The molecular formula is C15H15ClN4S. The number of fused-ring (bicyclic) bond motifs is 1. The molecule has 0 spiro atoms. The van der Waals surface area contributed by atoms with E-state index in [1.807, 2.05) is 35.0 Å². The van der Waals surface area contributed by atoms with E-state index in [0.29, 0.717) is 6.04 Å². The number of rotatable bonds is 2. The second kappa shape index (κ2) is 5.00. The second-order valence-electron chi connectivity index (χ2n) is 5.43. The molecule has 1 saturated heterocycles. The maximum Gasteiger partial charge on any atom is 0.214 e. The molecule has 1 aliphatic rings. The molecule has 1 aliphatic heterocycles. The van der Waals surface area contributed by atoms with Gasteiger partial charge in [0.1, 0.15) is 0 Å². The van der Waals surface area contributed by atoms with Crippen LogP contribution in [-0.4, -0.2) is 27.2 Å². The molecule has 1 aromatic carbocycles. The van der Waals surface area contributed by atoms with Gasteiger partial charge < -0.3 is 4.90 Å². The monoisotopic (exact) mass is 318 g/mol. The number of aromatic nitrogens is 3. The van der Waals surface area contributed by atoms with Gasteiger partial charge in [0, 0.05) is 23.2 Å². The quantitative estimate of drug-likeness (QED) is 0.713. The summed E-state index contributed by atoms with van der Waals surface area (Å²) in [6.07, 6.45) is 4.48. The molecule has 0 aliphatic carbocycles. The van der Waals surface area contributed by atoms with E-state index in [2.05, 4.69) is 21.9 Å². The molecule has 4 nitrogen and oxygen atoms in total. The first kappa shape index (κ1) is 13.1. The predicted molar refractivity (Wildman–Crippen MR) is 87.4 cm³/mol. The average molecular weight is 319 g/mol. The fourth-order valence-corrected chi connectivity index (χ4v) is 3.92. The van der Waals surface area contributed by atoms with Gasteiger partial charge in [-0.1, -0.05) is 35.1 Å². The van der Waals surface area contributed by atoms with E-state index < -0.39 is 0 Å². The van der Waals surface area contributed by atoms with Gasteiger partial charge in [0.15, 0.2) is 0 Å². The fourth-order valence-electron chi connectivity index (χ4n) is 2.78. The maximum absolute atomic E-state index is 5.92. The lowest BCUT2D eigenvalue weighted by atomic mass is 10.2. The molecule has 4 rings (SSSR count). The molecule has 3 aromatic rings. The van der Waals surface area contributed by atoms with Gasteiger partial charge in [-0.25, -0.2) is 9.50 Å². The number of halogens is 1. The molecular weight excluding hydrogens is 304 g/mol. The normalized spacial score (nSPS) is 18.8. The Morgan fingerprint density at radius 3 is 2.76 bits per heavy atom. The number of hydrogen-bond acceptors (Lipinski definition) is 4. The number of nitrogens with zero attached hydrogens (tertiary/aromatic N) is 4. The maximum atomic E-state index is 5.92. The minimum Gasteiger partial charge on any atom is -0.344 e. The fraction of sp³-hybridized carbons (Fsp3) is 0.333. The number of imidazole rings is 1. The van der Waals surface area contributed by atoms with Gasteiger partial charge in [0.2, 0.25) is 10.1 Å². The van der Waals surface area contributed by atoms with Gasteiger partial charge in [-0.15, -0.1) is 5.10 Å². The third-order valence-corrected chi connectivity index (χ3v) is 5.18. The molecule has 0 bridgehead atoms. The molecule has 0 amide bonds. The van der Waals surface area contributed by atoms with Crippen LogP contribution in [0.5, 0.6) is 0 Å². The smallest absolute Gasteiger partial charge is 0.214 e. The lowest BCUT2D eigenvalue weighted by Gasteiger charge is -2.19. The summed E-state index contributed by atoms with van der Waals surface area (Å²) in [7, 11) is 0. The molecule has 0 saturated carbocycles. The number of hydrogen-bond donors (Lipinski definition) is 0. The molecule has 3 heterocycles. The van der Waals surface area contributed by atoms with E-state index in [1.54, 1.807) is 11.3 Å².